The fourth-order valence-corrected chi connectivity index (χ4v) is 3.43. The minimum absolute atomic E-state index is 0.147. The van der Waals surface area contributed by atoms with Crippen LogP contribution in [0.4, 0.5) is 0 Å². The average molecular weight is 392 g/mol. The fraction of sp³-hybridized carbons (Fsp3) is 0.571. The van der Waals surface area contributed by atoms with Gasteiger partial charge in [0.1, 0.15) is 24.6 Å². The molecule has 1 aliphatic heterocycles. The Morgan fingerprint density at radius 1 is 1.50 bits per heavy atom. The van der Waals surface area contributed by atoms with Gasteiger partial charge in [0.15, 0.2) is 0 Å². The van der Waals surface area contributed by atoms with E-state index >= 15 is 0 Å². The van der Waals surface area contributed by atoms with Gasteiger partial charge >= 0.3 is 11.9 Å². The van der Waals surface area contributed by atoms with Crippen molar-refractivity contribution in [3.8, 4) is 0 Å². The number of rotatable bonds is 6. The summed E-state index contributed by atoms with van der Waals surface area (Å²) in [6.45, 7) is 7.22. The molecule has 0 bridgehead atoms. The van der Waals surface area contributed by atoms with Crippen molar-refractivity contribution in [2.45, 2.75) is 51.4 Å². The molecule has 0 aromatic carbocycles. The first-order valence-electron chi connectivity index (χ1n) is 9.46. The van der Waals surface area contributed by atoms with Crippen LogP contribution in [-0.2, 0) is 28.6 Å². The summed E-state index contributed by atoms with van der Waals surface area (Å²) in [4.78, 5) is 36.5. The molecule has 0 saturated carbocycles. The van der Waals surface area contributed by atoms with E-state index in [2.05, 4.69) is 6.58 Å². The van der Waals surface area contributed by atoms with Crippen LogP contribution in [0.2, 0.25) is 0 Å². The van der Waals surface area contributed by atoms with Crippen LogP contribution in [0.1, 0.15) is 33.1 Å². The molecule has 7 heteroatoms. The van der Waals surface area contributed by atoms with Crippen molar-refractivity contribution >= 4 is 18.2 Å². The number of fused-ring (bicyclic) bond motifs is 1. The van der Waals surface area contributed by atoms with E-state index in [1.54, 1.807) is 19.1 Å². The minimum Gasteiger partial charge on any atom is -0.458 e. The number of aliphatic hydroxyl groups is 1. The van der Waals surface area contributed by atoms with Crippen molar-refractivity contribution < 1.29 is 33.7 Å². The molecule has 0 amide bonds. The van der Waals surface area contributed by atoms with Crippen molar-refractivity contribution in [2.75, 3.05) is 13.7 Å². The van der Waals surface area contributed by atoms with E-state index in [0.717, 1.165) is 0 Å². The van der Waals surface area contributed by atoms with Crippen molar-refractivity contribution in [1.82, 2.24) is 0 Å². The number of ether oxygens (including phenoxy) is 3. The Morgan fingerprint density at radius 2 is 2.21 bits per heavy atom. The highest BCUT2D eigenvalue weighted by atomic mass is 16.6. The summed E-state index contributed by atoms with van der Waals surface area (Å²) in [6, 6.07) is 0. The Kier molecular flexibility index (Phi) is 7.71. The van der Waals surface area contributed by atoms with E-state index in [4.69, 9.17) is 14.2 Å². The Balaban J connectivity index is 2.56. The highest BCUT2D eigenvalue weighted by Gasteiger charge is 2.48. The maximum Gasteiger partial charge on any atom is 0.334 e. The molecule has 1 N–H and O–H groups in total. The lowest BCUT2D eigenvalue weighted by molar-refractivity contribution is -0.164. The molecule has 5 atom stereocenters. The summed E-state index contributed by atoms with van der Waals surface area (Å²) >= 11 is 0. The van der Waals surface area contributed by atoms with E-state index in [9.17, 15) is 19.5 Å². The predicted molar refractivity (Wildman–Crippen MR) is 101 cm³/mol. The molecule has 2 aliphatic rings. The van der Waals surface area contributed by atoms with Crippen LogP contribution in [0.5, 0.6) is 0 Å². The molecule has 0 aromatic heterocycles. The molecule has 0 spiro atoms. The highest BCUT2D eigenvalue weighted by Crippen LogP contribution is 2.37. The molecule has 154 valence electrons. The number of carbonyl (C=O) groups is 3. The minimum atomic E-state index is -0.971. The zero-order valence-corrected chi connectivity index (χ0v) is 16.6. The number of aldehydes is 1. The third-order valence-corrected chi connectivity index (χ3v) is 5.35. The van der Waals surface area contributed by atoms with E-state index in [1.165, 1.54) is 7.11 Å². The molecule has 0 unspecified atom stereocenters. The van der Waals surface area contributed by atoms with Gasteiger partial charge in [0.05, 0.1) is 18.4 Å². The lowest BCUT2D eigenvalue weighted by Gasteiger charge is -2.33. The van der Waals surface area contributed by atoms with Gasteiger partial charge in [-0.25, -0.2) is 4.79 Å². The van der Waals surface area contributed by atoms with Crippen molar-refractivity contribution in [3.63, 3.8) is 0 Å². The van der Waals surface area contributed by atoms with E-state index in [0.29, 0.717) is 36.7 Å². The van der Waals surface area contributed by atoms with E-state index in [-0.39, 0.29) is 18.1 Å². The Morgan fingerprint density at radius 3 is 2.79 bits per heavy atom. The fourth-order valence-electron chi connectivity index (χ4n) is 3.43. The maximum atomic E-state index is 12.6. The molecular formula is C21H28O7. The SMILES string of the molecule is C=C1C(=O)O[C@@H]2/C=C(\CO)CCC=C(C=O)[C@H](OC)[C@H](OC(=O)[C@H](C)CC)[C@@H]12. The molecule has 1 aliphatic carbocycles. The Hall–Kier alpha value is -2.25. The summed E-state index contributed by atoms with van der Waals surface area (Å²) in [5.41, 5.74) is 1.13. The first kappa shape index (κ1) is 22.0. The summed E-state index contributed by atoms with van der Waals surface area (Å²) in [5, 5.41) is 9.63. The lowest BCUT2D eigenvalue weighted by Crippen LogP contribution is -2.44. The average Bonchev–Trinajstić information content (AvgIpc) is 2.97. The molecule has 0 radical (unpaired) electrons. The normalized spacial score (nSPS) is 31.0. The zero-order chi connectivity index (χ0) is 20.8. The first-order chi connectivity index (χ1) is 13.4. The van der Waals surface area contributed by atoms with Gasteiger partial charge in [-0.1, -0.05) is 26.5 Å². The predicted octanol–water partition coefficient (Wildman–Crippen LogP) is 1.89. The number of esters is 2. The number of carbonyl (C=O) groups excluding carboxylic acids is 3. The smallest absolute Gasteiger partial charge is 0.334 e. The van der Waals surface area contributed by atoms with Crippen LogP contribution in [0.3, 0.4) is 0 Å². The monoisotopic (exact) mass is 392 g/mol. The van der Waals surface area contributed by atoms with E-state index < -0.39 is 36.2 Å². The van der Waals surface area contributed by atoms with Crippen LogP contribution < -0.4 is 0 Å². The van der Waals surface area contributed by atoms with Gasteiger partial charge in [0, 0.05) is 18.3 Å². The highest BCUT2D eigenvalue weighted by molar-refractivity contribution is 5.91. The lowest BCUT2D eigenvalue weighted by atomic mass is 9.83. The Labute approximate surface area is 165 Å². The molecule has 1 heterocycles. The quantitative estimate of drug-likeness (QED) is 0.319. The summed E-state index contributed by atoms with van der Waals surface area (Å²) in [7, 11) is 1.42. The molecular weight excluding hydrogens is 364 g/mol. The summed E-state index contributed by atoms with van der Waals surface area (Å²) in [5.74, 6) is -2.13. The largest absolute Gasteiger partial charge is 0.458 e. The number of methoxy groups -OCH3 is 1. The third kappa shape index (κ3) is 4.59. The third-order valence-electron chi connectivity index (χ3n) is 5.35. The molecule has 7 nitrogen and oxygen atoms in total. The number of aliphatic hydroxyl groups excluding tert-OH is 1. The van der Waals surface area contributed by atoms with Gasteiger partial charge in [-0.05, 0) is 30.9 Å². The molecule has 1 saturated heterocycles. The number of hydrogen-bond donors (Lipinski definition) is 1. The van der Waals surface area contributed by atoms with Gasteiger partial charge in [-0.3, -0.25) is 9.59 Å². The second-order valence-electron chi connectivity index (χ2n) is 7.13. The zero-order valence-electron chi connectivity index (χ0n) is 16.6. The van der Waals surface area contributed by atoms with Gasteiger partial charge in [-0.15, -0.1) is 0 Å². The van der Waals surface area contributed by atoms with Crippen molar-refractivity contribution in [3.05, 3.63) is 35.5 Å². The van der Waals surface area contributed by atoms with E-state index in [1.807, 2.05) is 6.92 Å². The summed E-state index contributed by atoms with van der Waals surface area (Å²) < 4.78 is 16.7. The van der Waals surface area contributed by atoms with Crippen LogP contribution >= 0.6 is 0 Å². The second kappa shape index (κ2) is 9.80. The number of allylic oxidation sites excluding steroid dienone is 1. The molecule has 1 fully saturated rings. The Bertz CT molecular complexity index is 691. The molecule has 28 heavy (non-hydrogen) atoms. The first-order valence-corrected chi connectivity index (χ1v) is 9.46. The number of hydrogen-bond acceptors (Lipinski definition) is 7. The maximum absolute atomic E-state index is 12.6. The van der Waals surface area contributed by atoms with Crippen molar-refractivity contribution in [2.24, 2.45) is 11.8 Å². The standard InChI is InChI=1S/C21H28O7/c1-5-12(2)20(24)28-19-17-13(3)21(25)27-16(17)9-14(10-22)7-6-8-15(11-23)18(19)26-4/h8-9,11-12,16-19,22H,3,5-7,10H2,1-2,4H3/b14-9-,15-8?/t12-,16-,17+,18+,19-/m1/s1. The van der Waals surface area contributed by atoms with Crippen molar-refractivity contribution in [1.29, 1.82) is 0 Å². The summed E-state index contributed by atoms with van der Waals surface area (Å²) in [6.07, 6.45) is 3.01. The molecule has 2 rings (SSSR count). The van der Waals surface area contributed by atoms with Gasteiger partial charge < -0.3 is 19.3 Å². The van der Waals surface area contributed by atoms with Crippen LogP contribution in [0.25, 0.3) is 0 Å². The second-order valence-corrected chi connectivity index (χ2v) is 7.13. The van der Waals surface area contributed by atoms with Gasteiger partial charge in [0.25, 0.3) is 0 Å². The topological polar surface area (TPSA) is 99.1 Å². The van der Waals surface area contributed by atoms with Gasteiger partial charge in [-0.2, -0.15) is 0 Å². The van der Waals surface area contributed by atoms with Crippen LogP contribution in [-0.4, -0.2) is 55.4 Å². The van der Waals surface area contributed by atoms with Crippen LogP contribution in [0.15, 0.2) is 35.5 Å². The molecule has 0 aromatic rings. The van der Waals surface area contributed by atoms with Crippen LogP contribution in [0, 0.1) is 11.8 Å². The van der Waals surface area contributed by atoms with Gasteiger partial charge in [0.2, 0.25) is 0 Å².